The van der Waals surface area contributed by atoms with Crippen LogP contribution in [0.4, 0.5) is 13.2 Å². The van der Waals surface area contributed by atoms with Crippen molar-refractivity contribution in [3.63, 3.8) is 0 Å². The molecule has 2 aromatic heterocycles. The molecule has 0 bridgehead atoms. The van der Waals surface area contributed by atoms with Crippen LogP contribution in [0.1, 0.15) is 21.6 Å². The molecule has 100 valence electrons. The molecule has 0 spiro atoms. The Kier molecular flexibility index (Phi) is 3.01. The SMILES string of the molecule is Cc1nc(-n2cc(C(=O)O)cn2)ccc1C(F)(F)F. The van der Waals surface area contributed by atoms with Crippen molar-refractivity contribution in [2.75, 3.05) is 0 Å². The second-order valence-electron chi connectivity index (χ2n) is 3.78. The molecule has 0 radical (unpaired) electrons. The topological polar surface area (TPSA) is 68.0 Å². The fraction of sp³-hybridized carbons (Fsp3) is 0.182. The Hall–Kier alpha value is -2.38. The van der Waals surface area contributed by atoms with Crippen LogP contribution < -0.4 is 0 Å². The number of rotatable bonds is 2. The van der Waals surface area contributed by atoms with Crippen LogP contribution in [0.15, 0.2) is 24.5 Å². The highest BCUT2D eigenvalue weighted by Crippen LogP contribution is 2.31. The first-order chi connectivity index (χ1) is 8.79. The maximum absolute atomic E-state index is 12.6. The van der Waals surface area contributed by atoms with Gasteiger partial charge in [-0.1, -0.05) is 0 Å². The fourth-order valence-electron chi connectivity index (χ4n) is 1.53. The van der Waals surface area contributed by atoms with Crippen LogP contribution in [0.2, 0.25) is 0 Å². The van der Waals surface area contributed by atoms with Gasteiger partial charge >= 0.3 is 12.1 Å². The van der Waals surface area contributed by atoms with Crippen LogP contribution in [-0.4, -0.2) is 25.8 Å². The summed E-state index contributed by atoms with van der Waals surface area (Å²) in [4.78, 5) is 14.4. The average molecular weight is 271 g/mol. The lowest BCUT2D eigenvalue weighted by molar-refractivity contribution is -0.138. The molecule has 0 amide bonds. The third kappa shape index (κ3) is 2.56. The third-order valence-corrected chi connectivity index (χ3v) is 2.44. The largest absolute Gasteiger partial charge is 0.478 e. The summed E-state index contributed by atoms with van der Waals surface area (Å²) in [7, 11) is 0. The Bertz CT molecular complexity index is 634. The number of pyridine rings is 1. The van der Waals surface area contributed by atoms with Crippen LogP contribution in [0, 0.1) is 6.92 Å². The Morgan fingerprint density at radius 1 is 1.37 bits per heavy atom. The summed E-state index contributed by atoms with van der Waals surface area (Å²) in [6, 6.07) is 2.02. The van der Waals surface area contributed by atoms with Gasteiger partial charge in [0, 0.05) is 6.20 Å². The lowest BCUT2D eigenvalue weighted by atomic mass is 10.2. The van der Waals surface area contributed by atoms with Gasteiger partial charge in [-0.05, 0) is 19.1 Å². The normalized spacial score (nSPS) is 11.6. The van der Waals surface area contributed by atoms with Gasteiger partial charge in [0.05, 0.1) is 23.0 Å². The summed E-state index contributed by atoms with van der Waals surface area (Å²) in [5, 5.41) is 12.5. The third-order valence-electron chi connectivity index (χ3n) is 2.44. The molecular formula is C11H8F3N3O2. The maximum Gasteiger partial charge on any atom is 0.418 e. The van der Waals surface area contributed by atoms with E-state index in [1.54, 1.807) is 0 Å². The molecule has 0 aliphatic heterocycles. The minimum atomic E-state index is -4.47. The van der Waals surface area contributed by atoms with Crippen LogP contribution in [-0.2, 0) is 6.18 Å². The molecule has 0 saturated carbocycles. The number of aryl methyl sites for hydroxylation is 1. The van der Waals surface area contributed by atoms with Gasteiger partial charge in [-0.15, -0.1) is 0 Å². The number of hydrogen-bond acceptors (Lipinski definition) is 3. The highest BCUT2D eigenvalue weighted by Gasteiger charge is 2.33. The zero-order chi connectivity index (χ0) is 14.2. The number of carboxylic acid groups (broad SMARTS) is 1. The zero-order valence-corrected chi connectivity index (χ0v) is 9.64. The van der Waals surface area contributed by atoms with Crippen LogP contribution in [0.5, 0.6) is 0 Å². The van der Waals surface area contributed by atoms with E-state index in [0.717, 1.165) is 23.0 Å². The smallest absolute Gasteiger partial charge is 0.418 e. The summed E-state index contributed by atoms with van der Waals surface area (Å²) in [5.41, 5.74) is -1.10. The van der Waals surface area contributed by atoms with E-state index in [1.165, 1.54) is 13.1 Å². The van der Waals surface area contributed by atoms with Crippen molar-refractivity contribution in [1.29, 1.82) is 0 Å². The minimum Gasteiger partial charge on any atom is -0.478 e. The highest BCUT2D eigenvalue weighted by atomic mass is 19.4. The summed E-state index contributed by atoms with van der Waals surface area (Å²) < 4.78 is 38.8. The van der Waals surface area contributed by atoms with E-state index in [2.05, 4.69) is 10.1 Å². The number of aromatic carboxylic acids is 1. The van der Waals surface area contributed by atoms with Gasteiger partial charge in [-0.3, -0.25) is 0 Å². The number of carboxylic acids is 1. The first-order valence-electron chi connectivity index (χ1n) is 5.12. The predicted octanol–water partition coefficient (Wildman–Crippen LogP) is 2.29. The lowest BCUT2D eigenvalue weighted by Gasteiger charge is -2.10. The Balaban J connectivity index is 2.41. The molecule has 0 aromatic carbocycles. The van der Waals surface area contributed by atoms with Gasteiger partial charge in [-0.25, -0.2) is 14.5 Å². The first kappa shape index (κ1) is 13.1. The van der Waals surface area contributed by atoms with Crippen molar-refractivity contribution >= 4 is 5.97 Å². The molecular weight excluding hydrogens is 263 g/mol. The van der Waals surface area contributed by atoms with E-state index in [-0.39, 0.29) is 17.1 Å². The van der Waals surface area contributed by atoms with Crippen molar-refractivity contribution in [2.24, 2.45) is 0 Å². The number of hydrogen-bond donors (Lipinski definition) is 1. The molecule has 0 saturated heterocycles. The van der Waals surface area contributed by atoms with Crippen molar-refractivity contribution in [3.05, 3.63) is 41.3 Å². The number of carbonyl (C=O) groups is 1. The summed E-state index contributed by atoms with van der Waals surface area (Å²) in [6.07, 6.45) is -2.19. The van der Waals surface area contributed by atoms with Gasteiger partial charge in [0.2, 0.25) is 0 Å². The molecule has 0 atom stereocenters. The van der Waals surface area contributed by atoms with Gasteiger partial charge in [-0.2, -0.15) is 18.3 Å². The van der Waals surface area contributed by atoms with Crippen molar-refractivity contribution in [2.45, 2.75) is 13.1 Å². The first-order valence-corrected chi connectivity index (χ1v) is 5.12. The Morgan fingerprint density at radius 2 is 2.05 bits per heavy atom. The molecule has 0 aliphatic rings. The van der Waals surface area contributed by atoms with E-state index in [0.29, 0.717) is 0 Å². The molecule has 0 unspecified atom stereocenters. The zero-order valence-electron chi connectivity index (χ0n) is 9.64. The van der Waals surface area contributed by atoms with Crippen LogP contribution >= 0.6 is 0 Å². The van der Waals surface area contributed by atoms with Gasteiger partial charge in [0.1, 0.15) is 0 Å². The summed E-state index contributed by atoms with van der Waals surface area (Å²) >= 11 is 0. The molecule has 2 heterocycles. The number of halogens is 3. The molecule has 8 heteroatoms. The minimum absolute atomic E-state index is 0.0700. The quantitative estimate of drug-likeness (QED) is 0.909. The van der Waals surface area contributed by atoms with Gasteiger partial charge in [0.15, 0.2) is 5.82 Å². The maximum atomic E-state index is 12.6. The molecule has 0 fully saturated rings. The van der Waals surface area contributed by atoms with Gasteiger partial charge < -0.3 is 5.11 Å². The summed E-state index contributed by atoms with van der Waals surface area (Å²) in [6.45, 7) is 1.23. The van der Waals surface area contributed by atoms with E-state index in [4.69, 9.17) is 5.11 Å². The number of nitrogens with zero attached hydrogens (tertiary/aromatic N) is 3. The number of aromatic nitrogens is 3. The predicted molar refractivity (Wildman–Crippen MR) is 58.1 cm³/mol. The molecule has 0 aliphatic carbocycles. The van der Waals surface area contributed by atoms with Crippen LogP contribution in [0.3, 0.4) is 0 Å². The van der Waals surface area contributed by atoms with Crippen molar-refractivity contribution in [1.82, 2.24) is 14.8 Å². The molecule has 5 nitrogen and oxygen atoms in total. The van der Waals surface area contributed by atoms with E-state index < -0.39 is 17.7 Å². The van der Waals surface area contributed by atoms with E-state index >= 15 is 0 Å². The van der Waals surface area contributed by atoms with E-state index in [1.807, 2.05) is 0 Å². The second kappa shape index (κ2) is 4.38. The van der Waals surface area contributed by atoms with Gasteiger partial charge in [0.25, 0.3) is 0 Å². The standard InChI is InChI=1S/C11H8F3N3O2/c1-6-8(11(12,13)14)2-3-9(16-6)17-5-7(4-15-17)10(18)19/h2-5H,1H3,(H,18,19). The molecule has 2 rings (SSSR count). The molecule has 19 heavy (non-hydrogen) atoms. The monoisotopic (exact) mass is 271 g/mol. The van der Waals surface area contributed by atoms with Crippen molar-refractivity contribution < 1.29 is 23.1 Å². The fourth-order valence-corrected chi connectivity index (χ4v) is 1.53. The number of alkyl halides is 3. The highest BCUT2D eigenvalue weighted by molar-refractivity contribution is 5.86. The second-order valence-corrected chi connectivity index (χ2v) is 3.78. The molecule has 2 aromatic rings. The summed E-state index contributed by atoms with van der Waals surface area (Å²) in [5.74, 6) is -1.05. The average Bonchev–Trinajstić information content (AvgIpc) is 2.76. The Morgan fingerprint density at radius 3 is 2.53 bits per heavy atom. The molecule has 1 N–H and O–H groups in total. The lowest BCUT2D eigenvalue weighted by Crippen LogP contribution is -2.10. The van der Waals surface area contributed by atoms with Crippen LogP contribution in [0.25, 0.3) is 5.82 Å². The Labute approximate surface area is 105 Å². The van der Waals surface area contributed by atoms with Crippen molar-refractivity contribution in [3.8, 4) is 5.82 Å². The van der Waals surface area contributed by atoms with E-state index in [9.17, 15) is 18.0 Å².